The maximum atomic E-state index is 13.1. The van der Waals surface area contributed by atoms with Gasteiger partial charge >= 0.3 is 0 Å². The first-order valence-electron chi connectivity index (χ1n) is 10.00. The first-order valence-corrected chi connectivity index (χ1v) is 10.00. The van der Waals surface area contributed by atoms with Gasteiger partial charge < -0.3 is 4.90 Å². The average Bonchev–Trinajstić information content (AvgIpc) is 3.23. The predicted octanol–water partition coefficient (Wildman–Crippen LogP) is 4.07. The van der Waals surface area contributed by atoms with Gasteiger partial charge in [-0.1, -0.05) is 42.5 Å². The van der Waals surface area contributed by atoms with Crippen molar-refractivity contribution in [3.8, 4) is 0 Å². The molecule has 148 valence electrons. The molecule has 2 aliphatic rings. The Labute approximate surface area is 174 Å². The molecule has 3 amide bonds. The number of anilines is 1. The molecule has 5 nitrogen and oxygen atoms in total. The van der Waals surface area contributed by atoms with Gasteiger partial charge in [-0.2, -0.15) is 0 Å². The second-order valence-electron chi connectivity index (χ2n) is 7.80. The number of hydrogen-bond donors (Lipinski definition) is 0. The van der Waals surface area contributed by atoms with Gasteiger partial charge in [0.2, 0.25) is 0 Å². The van der Waals surface area contributed by atoms with E-state index >= 15 is 0 Å². The predicted molar refractivity (Wildman–Crippen MR) is 114 cm³/mol. The van der Waals surface area contributed by atoms with Gasteiger partial charge in [-0.15, -0.1) is 0 Å². The summed E-state index contributed by atoms with van der Waals surface area (Å²) < 4.78 is 0. The normalized spacial score (nSPS) is 17.3. The van der Waals surface area contributed by atoms with Gasteiger partial charge in [0.1, 0.15) is 0 Å². The average molecular weight is 396 g/mol. The van der Waals surface area contributed by atoms with E-state index < -0.39 is 0 Å². The van der Waals surface area contributed by atoms with Gasteiger partial charge in [0.05, 0.1) is 17.7 Å². The minimum atomic E-state index is -0.279. The summed E-state index contributed by atoms with van der Waals surface area (Å²) in [6.45, 7) is 2.23. The van der Waals surface area contributed by atoms with Crippen LogP contribution in [0.4, 0.5) is 5.69 Å². The molecule has 0 N–H and O–H groups in total. The third-order valence-electron chi connectivity index (χ3n) is 5.85. The number of rotatable bonds is 3. The fraction of sp³-hybridized carbons (Fsp3) is 0.160. The Morgan fingerprint density at radius 2 is 1.47 bits per heavy atom. The molecular formula is C25H20N2O3. The highest BCUT2D eigenvalue weighted by molar-refractivity contribution is 6.21. The van der Waals surface area contributed by atoms with Crippen LogP contribution in [0.15, 0.2) is 72.8 Å². The summed E-state index contributed by atoms with van der Waals surface area (Å²) in [5.41, 5.74) is 4.42. The number of benzene rings is 3. The van der Waals surface area contributed by atoms with Crippen molar-refractivity contribution in [3.63, 3.8) is 0 Å². The van der Waals surface area contributed by atoms with E-state index in [-0.39, 0.29) is 30.3 Å². The minimum Gasteiger partial charge on any atom is -0.305 e. The summed E-state index contributed by atoms with van der Waals surface area (Å²) >= 11 is 0. The number of hydrogen-bond acceptors (Lipinski definition) is 3. The van der Waals surface area contributed by atoms with Crippen LogP contribution in [0.5, 0.6) is 0 Å². The Hall–Kier alpha value is -3.73. The van der Waals surface area contributed by atoms with Crippen molar-refractivity contribution in [2.75, 3.05) is 4.90 Å². The van der Waals surface area contributed by atoms with Crippen molar-refractivity contribution < 1.29 is 14.4 Å². The van der Waals surface area contributed by atoms with Crippen LogP contribution in [0, 0.1) is 0 Å². The standard InChI is InChI=1S/C25H20N2O3/c1-16-14-19-6-2-5-9-22(19)27(16)23(28)18-12-10-17(11-13-18)15-26-24(29)20-7-3-4-8-21(20)25(26)30/h2-13,16H,14-15H2,1H3. The molecule has 5 heteroatoms. The molecule has 0 radical (unpaired) electrons. The number of nitrogens with zero attached hydrogens (tertiary/aromatic N) is 2. The monoisotopic (exact) mass is 396 g/mol. The third kappa shape index (κ3) is 2.82. The molecule has 0 spiro atoms. The van der Waals surface area contributed by atoms with Crippen LogP contribution in [-0.4, -0.2) is 28.7 Å². The number of fused-ring (bicyclic) bond motifs is 2. The van der Waals surface area contributed by atoms with E-state index in [1.54, 1.807) is 36.4 Å². The van der Waals surface area contributed by atoms with Gasteiger partial charge in [0.25, 0.3) is 17.7 Å². The molecule has 1 atom stereocenters. The maximum absolute atomic E-state index is 13.1. The second kappa shape index (κ2) is 6.95. The lowest BCUT2D eigenvalue weighted by Gasteiger charge is -2.23. The molecule has 1 unspecified atom stereocenters. The molecule has 0 saturated heterocycles. The van der Waals surface area contributed by atoms with Crippen LogP contribution in [0.1, 0.15) is 49.1 Å². The first-order chi connectivity index (χ1) is 14.5. The van der Waals surface area contributed by atoms with Crippen molar-refractivity contribution in [3.05, 3.63) is 101 Å². The van der Waals surface area contributed by atoms with Crippen LogP contribution in [0.2, 0.25) is 0 Å². The summed E-state index contributed by atoms with van der Waals surface area (Å²) in [5.74, 6) is -0.601. The molecule has 5 rings (SSSR count). The van der Waals surface area contributed by atoms with Crippen LogP contribution >= 0.6 is 0 Å². The Morgan fingerprint density at radius 3 is 2.13 bits per heavy atom. The van der Waals surface area contributed by atoms with E-state index in [1.807, 2.05) is 35.2 Å². The first kappa shape index (κ1) is 18.3. The van der Waals surface area contributed by atoms with Crippen LogP contribution < -0.4 is 4.90 Å². The van der Waals surface area contributed by atoms with Crippen molar-refractivity contribution >= 4 is 23.4 Å². The highest BCUT2D eigenvalue weighted by Gasteiger charge is 2.35. The summed E-state index contributed by atoms with van der Waals surface area (Å²) in [4.78, 5) is 41.3. The van der Waals surface area contributed by atoms with E-state index in [9.17, 15) is 14.4 Å². The van der Waals surface area contributed by atoms with E-state index in [0.29, 0.717) is 16.7 Å². The number of para-hydroxylation sites is 1. The van der Waals surface area contributed by atoms with Gasteiger partial charge in [0, 0.05) is 17.3 Å². The van der Waals surface area contributed by atoms with E-state index in [4.69, 9.17) is 0 Å². The maximum Gasteiger partial charge on any atom is 0.261 e. The largest absolute Gasteiger partial charge is 0.305 e. The third-order valence-corrected chi connectivity index (χ3v) is 5.85. The molecule has 2 heterocycles. The van der Waals surface area contributed by atoms with Crippen molar-refractivity contribution in [2.24, 2.45) is 0 Å². The minimum absolute atomic E-state index is 0.0419. The summed E-state index contributed by atoms with van der Waals surface area (Å²) in [5, 5.41) is 0. The molecule has 30 heavy (non-hydrogen) atoms. The Kier molecular flexibility index (Phi) is 4.24. The second-order valence-corrected chi connectivity index (χ2v) is 7.80. The zero-order valence-corrected chi connectivity index (χ0v) is 16.5. The highest BCUT2D eigenvalue weighted by Crippen LogP contribution is 2.33. The summed E-state index contributed by atoms with van der Waals surface area (Å²) in [6.07, 6.45) is 0.847. The smallest absolute Gasteiger partial charge is 0.261 e. The van der Waals surface area contributed by atoms with E-state index in [0.717, 1.165) is 17.7 Å². The van der Waals surface area contributed by atoms with Gasteiger partial charge in [-0.25, -0.2) is 0 Å². The fourth-order valence-corrected chi connectivity index (χ4v) is 4.33. The highest BCUT2D eigenvalue weighted by atomic mass is 16.2. The Bertz CT molecular complexity index is 1150. The lowest BCUT2D eigenvalue weighted by molar-refractivity contribution is 0.0642. The zero-order chi connectivity index (χ0) is 20.8. The number of carbonyl (C=O) groups excluding carboxylic acids is 3. The number of imide groups is 1. The quantitative estimate of drug-likeness (QED) is 0.627. The molecule has 0 fully saturated rings. The topological polar surface area (TPSA) is 57.7 Å². The summed E-state index contributed by atoms with van der Waals surface area (Å²) in [6, 6.07) is 22.1. The molecule has 3 aromatic rings. The lowest BCUT2D eigenvalue weighted by Crippen LogP contribution is -2.35. The van der Waals surface area contributed by atoms with Crippen molar-refractivity contribution in [1.82, 2.24) is 4.90 Å². The van der Waals surface area contributed by atoms with Gasteiger partial charge in [-0.3, -0.25) is 19.3 Å². The van der Waals surface area contributed by atoms with Gasteiger partial charge in [0.15, 0.2) is 0 Å². The van der Waals surface area contributed by atoms with Crippen molar-refractivity contribution in [1.29, 1.82) is 0 Å². The zero-order valence-electron chi connectivity index (χ0n) is 16.5. The van der Waals surface area contributed by atoms with Crippen molar-refractivity contribution in [2.45, 2.75) is 25.9 Å². The molecule has 0 bridgehead atoms. The van der Waals surface area contributed by atoms with E-state index in [2.05, 4.69) is 13.0 Å². The SMILES string of the molecule is CC1Cc2ccccc2N1C(=O)c1ccc(CN2C(=O)c3ccccc3C2=O)cc1. The number of amides is 3. The molecular weight excluding hydrogens is 376 g/mol. The molecule has 0 saturated carbocycles. The van der Waals surface area contributed by atoms with E-state index in [1.165, 1.54) is 10.5 Å². The Morgan fingerprint density at radius 1 is 0.867 bits per heavy atom. The summed E-state index contributed by atoms with van der Waals surface area (Å²) in [7, 11) is 0. The number of carbonyl (C=O) groups is 3. The molecule has 0 aliphatic carbocycles. The van der Waals surface area contributed by atoms with Crippen LogP contribution in [0.25, 0.3) is 0 Å². The lowest BCUT2D eigenvalue weighted by atomic mass is 10.1. The van der Waals surface area contributed by atoms with Crippen LogP contribution in [-0.2, 0) is 13.0 Å². The molecule has 0 aromatic heterocycles. The fourth-order valence-electron chi connectivity index (χ4n) is 4.33. The molecule has 2 aliphatic heterocycles. The van der Waals surface area contributed by atoms with Gasteiger partial charge in [-0.05, 0) is 54.8 Å². The Balaban J connectivity index is 1.35. The van der Waals surface area contributed by atoms with Crippen LogP contribution in [0.3, 0.4) is 0 Å². The molecule has 3 aromatic carbocycles.